The average Bonchev–Trinajstić information content (AvgIpc) is 2.27. The van der Waals surface area contributed by atoms with Crippen LogP contribution in [0.2, 0.25) is 0 Å². The molecule has 0 spiro atoms. The first-order valence-electron chi connectivity index (χ1n) is 6.44. The minimum Gasteiger partial charge on any atom is -0.390 e. The number of rotatable bonds is 4. The summed E-state index contributed by atoms with van der Waals surface area (Å²) in [6.07, 6.45) is 5.39. The van der Waals surface area contributed by atoms with Gasteiger partial charge in [-0.25, -0.2) is 0 Å². The molecule has 2 N–H and O–H groups in total. The number of aliphatic hydroxyl groups excluding tert-OH is 1. The summed E-state index contributed by atoms with van der Waals surface area (Å²) < 4.78 is 0. The molecular weight excluding hydrogens is 188 g/mol. The van der Waals surface area contributed by atoms with Crippen LogP contribution in [0.4, 0.5) is 0 Å². The topological polar surface area (TPSA) is 40.5 Å². The maximum atomic E-state index is 10.3. The van der Waals surface area contributed by atoms with E-state index in [1.54, 1.807) is 0 Å². The van der Waals surface area contributed by atoms with Crippen LogP contribution in [0.5, 0.6) is 0 Å². The second-order valence-corrected chi connectivity index (χ2v) is 5.29. The van der Waals surface area contributed by atoms with E-state index in [-0.39, 0.29) is 0 Å². The van der Waals surface area contributed by atoms with Gasteiger partial charge in [0.1, 0.15) is 0 Å². The zero-order valence-electron chi connectivity index (χ0n) is 10.4. The van der Waals surface area contributed by atoms with Gasteiger partial charge in [-0.05, 0) is 37.5 Å². The van der Waals surface area contributed by atoms with E-state index in [4.69, 9.17) is 0 Å². The van der Waals surface area contributed by atoms with Crippen molar-refractivity contribution in [2.75, 3.05) is 0 Å². The number of hydrogen-bond acceptors (Lipinski definition) is 2. The average molecular weight is 214 g/mol. The minimum atomic E-state index is -0.859. The Morgan fingerprint density at radius 3 is 2.33 bits per heavy atom. The van der Waals surface area contributed by atoms with Crippen LogP contribution in [0.25, 0.3) is 0 Å². The van der Waals surface area contributed by atoms with E-state index in [9.17, 15) is 10.2 Å². The highest BCUT2D eigenvalue weighted by atomic mass is 16.3. The second kappa shape index (κ2) is 5.31. The summed E-state index contributed by atoms with van der Waals surface area (Å²) in [5.41, 5.74) is -0.859. The molecule has 15 heavy (non-hydrogen) atoms. The van der Waals surface area contributed by atoms with Crippen molar-refractivity contribution in [3.8, 4) is 0 Å². The monoisotopic (exact) mass is 214 g/mol. The quantitative estimate of drug-likeness (QED) is 0.755. The summed E-state index contributed by atoms with van der Waals surface area (Å²) in [7, 11) is 0. The molecule has 0 heterocycles. The van der Waals surface area contributed by atoms with E-state index in [0.29, 0.717) is 24.7 Å². The highest BCUT2D eigenvalue weighted by molar-refractivity contribution is 4.90. The number of hydrogen-bond donors (Lipinski definition) is 2. The van der Waals surface area contributed by atoms with Gasteiger partial charge in [0.25, 0.3) is 0 Å². The van der Waals surface area contributed by atoms with Gasteiger partial charge < -0.3 is 10.2 Å². The van der Waals surface area contributed by atoms with Crippen molar-refractivity contribution >= 4 is 0 Å². The van der Waals surface area contributed by atoms with E-state index < -0.39 is 11.7 Å². The van der Waals surface area contributed by atoms with Gasteiger partial charge in [0.05, 0.1) is 11.7 Å². The van der Waals surface area contributed by atoms with Crippen molar-refractivity contribution in [3.63, 3.8) is 0 Å². The predicted molar refractivity (Wildman–Crippen MR) is 62.7 cm³/mol. The molecule has 1 fully saturated rings. The lowest BCUT2D eigenvalue weighted by molar-refractivity contribution is -0.113. The third-order valence-corrected chi connectivity index (χ3v) is 4.20. The van der Waals surface area contributed by atoms with Crippen LogP contribution in [-0.2, 0) is 0 Å². The Balaban J connectivity index is 2.61. The molecule has 2 nitrogen and oxygen atoms in total. The molecule has 0 radical (unpaired) electrons. The lowest BCUT2D eigenvalue weighted by Gasteiger charge is -2.39. The Morgan fingerprint density at radius 2 is 1.87 bits per heavy atom. The van der Waals surface area contributed by atoms with Gasteiger partial charge in [0, 0.05) is 0 Å². The molecule has 0 aromatic heterocycles. The van der Waals surface area contributed by atoms with E-state index in [0.717, 1.165) is 12.8 Å². The Kier molecular flexibility index (Phi) is 4.60. The van der Waals surface area contributed by atoms with Crippen molar-refractivity contribution in [2.45, 2.75) is 71.0 Å². The van der Waals surface area contributed by atoms with Gasteiger partial charge in [0.2, 0.25) is 0 Å². The standard InChI is InChI=1S/C13H26O2/c1-4-13(15,5-2)12(14)11-8-6-7-10(3)9-11/h10-12,14-15H,4-9H2,1-3H3. The third-order valence-electron chi connectivity index (χ3n) is 4.20. The predicted octanol–water partition coefficient (Wildman–Crippen LogP) is 2.72. The lowest BCUT2D eigenvalue weighted by Crippen LogP contribution is -2.46. The molecule has 0 amide bonds. The molecule has 1 rings (SSSR count). The minimum absolute atomic E-state index is 0.304. The van der Waals surface area contributed by atoms with E-state index >= 15 is 0 Å². The summed E-state index contributed by atoms with van der Waals surface area (Å²) in [6, 6.07) is 0. The smallest absolute Gasteiger partial charge is 0.0902 e. The molecule has 0 aromatic rings. The summed E-state index contributed by atoms with van der Waals surface area (Å²) in [5, 5.41) is 20.5. The van der Waals surface area contributed by atoms with Crippen LogP contribution >= 0.6 is 0 Å². The first kappa shape index (κ1) is 13.0. The molecule has 0 aliphatic heterocycles. The summed E-state index contributed by atoms with van der Waals surface area (Å²) in [5.74, 6) is 1.01. The molecule has 2 heteroatoms. The van der Waals surface area contributed by atoms with Crippen molar-refractivity contribution < 1.29 is 10.2 Å². The normalized spacial score (nSPS) is 30.2. The van der Waals surface area contributed by atoms with Crippen molar-refractivity contribution in [1.29, 1.82) is 0 Å². The highest BCUT2D eigenvalue weighted by Crippen LogP contribution is 2.36. The van der Waals surface area contributed by atoms with Crippen LogP contribution in [0.3, 0.4) is 0 Å². The van der Waals surface area contributed by atoms with Gasteiger partial charge >= 0.3 is 0 Å². The molecular formula is C13H26O2. The zero-order chi connectivity index (χ0) is 11.5. The molecule has 1 aliphatic carbocycles. The van der Waals surface area contributed by atoms with Gasteiger partial charge in [-0.15, -0.1) is 0 Å². The van der Waals surface area contributed by atoms with E-state index in [1.807, 2.05) is 13.8 Å². The Bertz CT molecular complexity index is 187. The Morgan fingerprint density at radius 1 is 1.27 bits per heavy atom. The zero-order valence-corrected chi connectivity index (χ0v) is 10.4. The SMILES string of the molecule is CCC(O)(CC)C(O)C1CCCC(C)C1. The number of aliphatic hydroxyl groups is 2. The molecule has 0 saturated heterocycles. The molecule has 3 unspecified atom stereocenters. The fourth-order valence-electron chi connectivity index (χ4n) is 2.87. The van der Waals surface area contributed by atoms with Crippen molar-refractivity contribution in [2.24, 2.45) is 11.8 Å². The van der Waals surface area contributed by atoms with Crippen molar-refractivity contribution in [1.82, 2.24) is 0 Å². The van der Waals surface area contributed by atoms with Gasteiger partial charge in [0.15, 0.2) is 0 Å². The highest BCUT2D eigenvalue weighted by Gasteiger charge is 2.38. The largest absolute Gasteiger partial charge is 0.390 e. The molecule has 1 saturated carbocycles. The first-order chi connectivity index (χ1) is 7.03. The van der Waals surface area contributed by atoms with Gasteiger partial charge in [-0.3, -0.25) is 0 Å². The summed E-state index contributed by atoms with van der Waals surface area (Å²) in [4.78, 5) is 0. The third kappa shape index (κ3) is 2.94. The molecule has 0 aromatic carbocycles. The lowest BCUT2D eigenvalue weighted by atomic mass is 9.73. The Labute approximate surface area is 93.7 Å². The van der Waals surface area contributed by atoms with Crippen molar-refractivity contribution in [3.05, 3.63) is 0 Å². The van der Waals surface area contributed by atoms with Crippen LogP contribution in [0, 0.1) is 11.8 Å². The fraction of sp³-hybridized carbons (Fsp3) is 1.00. The van der Waals surface area contributed by atoms with E-state index in [1.165, 1.54) is 12.8 Å². The molecule has 90 valence electrons. The maximum absolute atomic E-state index is 10.3. The van der Waals surface area contributed by atoms with Crippen LogP contribution in [0.15, 0.2) is 0 Å². The second-order valence-electron chi connectivity index (χ2n) is 5.29. The van der Waals surface area contributed by atoms with Crippen LogP contribution in [-0.4, -0.2) is 21.9 Å². The van der Waals surface area contributed by atoms with Gasteiger partial charge in [-0.2, -0.15) is 0 Å². The summed E-state index contributed by atoms with van der Waals surface area (Å²) in [6.45, 7) is 6.16. The first-order valence-corrected chi connectivity index (χ1v) is 6.44. The fourth-order valence-corrected chi connectivity index (χ4v) is 2.87. The Hall–Kier alpha value is -0.0800. The molecule has 1 aliphatic rings. The maximum Gasteiger partial charge on any atom is 0.0902 e. The molecule has 3 atom stereocenters. The molecule has 0 bridgehead atoms. The summed E-state index contributed by atoms with van der Waals surface area (Å²) >= 11 is 0. The van der Waals surface area contributed by atoms with Crippen LogP contribution in [0.1, 0.15) is 59.3 Å². The van der Waals surface area contributed by atoms with E-state index in [2.05, 4.69) is 6.92 Å². The van der Waals surface area contributed by atoms with Crippen LogP contribution < -0.4 is 0 Å². The van der Waals surface area contributed by atoms with Gasteiger partial charge in [-0.1, -0.05) is 33.6 Å².